The van der Waals surface area contributed by atoms with Gasteiger partial charge >= 0.3 is 7.12 Å². The Morgan fingerprint density at radius 3 is 2.68 bits per heavy atom. The highest BCUT2D eigenvalue weighted by Crippen LogP contribution is 2.65. The quantitative estimate of drug-likeness (QED) is 0.794. The first-order chi connectivity index (χ1) is 10.5. The van der Waals surface area contributed by atoms with Gasteiger partial charge in [-0.25, -0.2) is 0 Å². The topological polar surface area (TPSA) is 18.5 Å². The van der Waals surface area contributed by atoms with Gasteiger partial charge in [0.05, 0.1) is 11.7 Å². The van der Waals surface area contributed by atoms with Crippen molar-refractivity contribution in [3.63, 3.8) is 0 Å². The lowest BCUT2D eigenvalue weighted by Crippen LogP contribution is -2.65. The van der Waals surface area contributed by atoms with E-state index in [2.05, 4.69) is 52.0 Å². The zero-order chi connectivity index (χ0) is 15.5. The van der Waals surface area contributed by atoms with Gasteiger partial charge in [-0.15, -0.1) is 0 Å². The smallest absolute Gasteiger partial charge is 0.401 e. The Morgan fingerprint density at radius 1 is 1.18 bits per heavy atom. The van der Waals surface area contributed by atoms with E-state index >= 15 is 0 Å². The summed E-state index contributed by atoms with van der Waals surface area (Å²) >= 11 is 0. The third kappa shape index (κ3) is 1.88. The zero-order valence-corrected chi connectivity index (χ0v) is 14.3. The van der Waals surface area contributed by atoms with Crippen molar-refractivity contribution in [1.29, 1.82) is 0 Å². The lowest BCUT2D eigenvalue weighted by Gasteiger charge is -2.64. The predicted molar refractivity (Wildman–Crippen MR) is 90.2 cm³/mol. The summed E-state index contributed by atoms with van der Waals surface area (Å²) < 4.78 is 13.0. The van der Waals surface area contributed by atoms with Crippen LogP contribution in [0.4, 0.5) is 0 Å². The number of aryl methyl sites for hydroxylation is 1. The minimum atomic E-state index is -0.173. The fourth-order valence-electron chi connectivity index (χ4n) is 5.26. The summed E-state index contributed by atoms with van der Waals surface area (Å²) in [5.74, 6) is 1.44. The Labute approximate surface area is 134 Å². The molecule has 1 aromatic carbocycles. The lowest BCUT2D eigenvalue weighted by atomic mass is 9.43. The van der Waals surface area contributed by atoms with Gasteiger partial charge in [0.2, 0.25) is 0 Å². The van der Waals surface area contributed by atoms with E-state index in [0.717, 1.165) is 25.2 Å². The molecule has 0 radical (unpaired) electrons. The molecule has 4 unspecified atom stereocenters. The molecule has 0 amide bonds. The van der Waals surface area contributed by atoms with Crippen LogP contribution >= 0.6 is 0 Å². The first kappa shape index (κ1) is 14.8. The largest absolute Gasteiger partial charge is 0.494 e. The van der Waals surface area contributed by atoms with Gasteiger partial charge in [0.15, 0.2) is 0 Å². The van der Waals surface area contributed by atoms with Crippen LogP contribution < -0.4 is 5.46 Å². The summed E-state index contributed by atoms with van der Waals surface area (Å²) in [5, 5.41) is 0. The van der Waals surface area contributed by atoms with Gasteiger partial charge in [0.25, 0.3) is 0 Å². The standard InChI is InChI=1S/C19H27BO2/c1-5-8-13-9-6-7-10-15(13)20-21-17-12-14-11-16(18(14,2)3)19(17,4)22-20/h6-7,9-10,14,16-17H,5,8,11-12H2,1-4H3. The van der Waals surface area contributed by atoms with Gasteiger partial charge in [0, 0.05) is 0 Å². The summed E-state index contributed by atoms with van der Waals surface area (Å²) in [6, 6.07) is 8.64. The summed E-state index contributed by atoms with van der Waals surface area (Å²) in [6.45, 7) is 9.34. The Morgan fingerprint density at radius 2 is 1.95 bits per heavy atom. The zero-order valence-electron chi connectivity index (χ0n) is 14.3. The number of rotatable bonds is 3. The van der Waals surface area contributed by atoms with E-state index in [9.17, 15) is 0 Å². The van der Waals surface area contributed by atoms with E-state index in [1.54, 1.807) is 0 Å². The van der Waals surface area contributed by atoms with Crippen LogP contribution in [0.2, 0.25) is 0 Å². The van der Waals surface area contributed by atoms with Crippen LogP contribution in [0.25, 0.3) is 0 Å². The minimum Gasteiger partial charge on any atom is -0.401 e. The van der Waals surface area contributed by atoms with E-state index < -0.39 is 0 Å². The van der Waals surface area contributed by atoms with E-state index in [-0.39, 0.29) is 18.8 Å². The van der Waals surface area contributed by atoms with Crippen LogP contribution in [-0.4, -0.2) is 18.8 Å². The van der Waals surface area contributed by atoms with E-state index in [0.29, 0.717) is 11.3 Å². The molecule has 0 spiro atoms. The van der Waals surface area contributed by atoms with Crippen LogP contribution in [0.3, 0.4) is 0 Å². The monoisotopic (exact) mass is 298 g/mol. The van der Waals surface area contributed by atoms with Gasteiger partial charge in [0.1, 0.15) is 0 Å². The molecule has 1 aromatic rings. The average molecular weight is 298 g/mol. The molecule has 1 aliphatic heterocycles. The second kappa shape index (κ2) is 4.85. The molecule has 1 saturated heterocycles. The molecule has 2 bridgehead atoms. The summed E-state index contributed by atoms with van der Waals surface area (Å²) in [5.41, 5.74) is 2.92. The SMILES string of the molecule is CCCc1ccccc1B1OC2CC3CC(C3(C)C)C2(C)O1. The van der Waals surface area contributed by atoms with Gasteiger partial charge in [-0.05, 0) is 54.5 Å². The van der Waals surface area contributed by atoms with Crippen molar-refractivity contribution in [2.24, 2.45) is 17.3 Å². The molecular weight excluding hydrogens is 271 g/mol. The second-order valence-corrected chi connectivity index (χ2v) is 8.25. The minimum absolute atomic E-state index is 0.109. The van der Waals surface area contributed by atoms with Crippen LogP contribution in [0.15, 0.2) is 24.3 Å². The van der Waals surface area contributed by atoms with E-state index in [1.807, 2.05) is 0 Å². The van der Waals surface area contributed by atoms with Crippen molar-refractivity contribution in [3.05, 3.63) is 29.8 Å². The van der Waals surface area contributed by atoms with Crippen molar-refractivity contribution in [1.82, 2.24) is 0 Å². The highest BCUT2D eigenvalue weighted by atomic mass is 16.7. The van der Waals surface area contributed by atoms with E-state index in [1.165, 1.54) is 17.4 Å². The van der Waals surface area contributed by atoms with Crippen LogP contribution in [0.5, 0.6) is 0 Å². The molecule has 0 aromatic heterocycles. The van der Waals surface area contributed by atoms with Crippen molar-refractivity contribution in [3.8, 4) is 0 Å². The molecule has 118 valence electrons. The maximum absolute atomic E-state index is 6.59. The number of benzene rings is 1. The van der Waals surface area contributed by atoms with Crippen molar-refractivity contribution in [2.45, 2.75) is 65.1 Å². The Kier molecular flexibility index (Phi) is 3.26. The van der Waals surface area contributed by atoms with Crippen molar-refractivity contribution in [2.75, 3.05) is 0 Å². The molecule has 22 heavy (non-hydrogen) atoms. The van der Waals surface area contributed by atoms with Gasteiger partial charge < -0.3 is 9.31 Å². The molecule has 3 aliphatic carbocycles. The normalized spacial score (nSPS) is 38.5. The average Bonchev–Trinajstić information content (AvgIpc) is 2.84. The summed E-state index contributed by atoms with van der Waals surface area (Å²) in [6.07, 6.45) is 4.99. The molecule has 1 heterocycles. The van der Waals surface area contributed by atoms with Crippen molar-refractivity contribution < 1.29 is 9.31 Å². The molecule has 4 aliphatic rings. The molecule has 2 nitrogen and oxygen atoms in total. The van der Waals surface area contributed by atoms with Crippen LogP contribution in [-0.2, 0) is 15.7 Å². The second-order valence-electron chi connectivity index (χ2n) is 8.25. The summed E-state index contributed by atoms with van der Waals surface area (Å²) in [4.78, 5) is 0. The molecule has 3 heteroatoms. The first-order valence-electron chi connectivity index (χ1n) is 8.88. The first-order valence-corrected chi connectivity index (χ1v) is 8.88. The van der Waals surface area contributed by atoms with Crippen molar-refractivity contribution >= 4 is 12.6 Å². The maximum Gasteiger partial charge on any atom is 0.494 e. The Balaban J connectivity index is 1.63. The number of hydrogen-bond acceptors (Lipinski definition) is 2. The maximum atomic E-state index is 6.59. The fourth-order valence-corrected chi connectivity index (χ4v) is 5.26. The fraction of sp³-hybridized carbons (Fsp3) is 0.684. The van der Waals surface area contributed by atoms with Gasteiger partial charge in [-0.1, -0.05) is 51.5 Å². The van der Waals surface area contributed by atoms with Crippen LogP contribution in [0.1, 0.15) is 52.5 Å². The number of hydrogen-bond donors (Lipinski definition) is 0. The highest BCUT2D eigenvalue weighted by molar-refractivity contribution is 6.62. The third-order valence-corrected chi connectivity index (χ3v) is 6.78. The molecule has 5 rings (SSSR count). The Bertz CT molecular complexity index is 585. The molecule has 3 saturated carbocycles. The molecule has 4 atom stereocenters. The third-order valence-electron chi connectivity index (χ3n) is 6.78. The predicted octanol–water partition coefficient (Wildman–Crippen LogP) is 3.57. The van der Waals surface area contributed by atoms with Crippen LogP contribution in [0, 0.1) is 17.3 Å². The summed E-state index contributed by atoms with van der Waals surface area (Å²) in [7, 11) is -0.173. The van der Waals surface area contributed by atoms with Gasteiger partial charge in [-0.2, -0.15) is 0 Å². The van der Waals surface area contributed by atoms with Gasteiger partial charge in [-0.3, -0.25) is 0 Å². The molecule has 0 N–H and O–H groups in total. The highest BCUT2D eigenvalue weighted by Gasteiger charge is 2.68. The molecule has 4 fully saturated rings. The molecular formula is C19H27BO2. The Hall–Kier alpha value is -0.795. The van der Waals surface area contributed by atoms with E-state index in [4.69, 9.17) is 9.31 Å². The lowest BCUT2D eigenvalue weighted by molar-refractivity contribution is -0.199.